The van der Waals surface area contributed by atoms with Gasteiger partial charge in [-0.25, -0.2) is 4.79 Å². The third kappa shape index (κ3) is 5.98. The standard InChI is InChI=1S/C20H22ClNO5/c1-13-17(21)5-4-6-18(13)22-19(23)15-7-9-16(10-8-15)27-14(2)20(24)26-12-11-25-3/h4-10,14H,11-12H2,1-3H3,(H,22,23)/t14-/m0/s1. The van der Waals surface area contributed by atoms with E-state index in [-0.39, 0.29) is 12.5 Å². The van der Waals surface area contributed by atoms with Gasteiger partial charge in [-0.1, -0.05) is 17.7 Å². The van der Waals surface area contributed by atoms with E-state index in [1.54, 1.807) is 49.4 Å². The zero-order valence-electron chi connectivity index (χ0n) is 15.5. The lowest BCUT2D eigenvalue weighted by Gasteiger charge is -2.14. The second kappa shape index (κ2) is 9.94. The minimum atomic E-state index is -0.768. The number of benzene rings is 2. The molecule has 6 nitrogen and oxygen atoms in total. The highest BCUT2D eigenvalue weighted by molar-refractivity contribution is 6.31. The van der Waals surface area contributed by atoms with Crippen LogP contribution in [0.5, 0.6) is 5.75 Å². The number of rotatable bonds is 8. The number of halogens is 1. The SMILES string of the molecule is COCCOC(=O)[C@H](C)Oc1ccc(C(=O)Nc2cccc(Cl)c2C)cc1. The first-order valence-electron chi connectivity index (χ1n) is 8.41. The summed E-state index contributed by atoms with van der Waals surface area (Å²) in [6, 6.07) is 11.8. The molecular weight excluding hydrogens is 370 g/mol. The third-order valence-electron chi connectivity index (χ3n) is 3.81. The summed E-state index contributed by atoms with van der Waals surface area (Å²) in [6.07, 6.45) is -0.768. The van der Waals surface area contributed by atoms with E-state index < -0.39 is 12.1 Å². The van der Waals surface area contributed by atoms with Crippen molar-refractivity contribution in [3.63, 3.8) is 0 Å². The van der Waals surface area contributed by atoms with Crippen molar-refractivity contribution in [3.05, 3.63) is 58.6 Å². The third-order valence-corrected chi connectivity index (χ3v) is 4.22. The van der Waals surface area contributed by atoms with Gasteiger partial charge in [-0.2, -0.15) is 0 Å². The topological polar surface area (TPSA) is 73.9 Å². The highest BCUT2D eigenvalue weighted by Gasteiger charge is 2.16. The molecule has 0 aliphatic rings. The predicted molar refractivity (Wildman–Crippen MR) is 104 cm³/mol. The number of methoxy groups -OCH3 is 1. The Morgan fingerprint density at radius 3 is 2.48 bits per heavy atom. The fourth-order valence-electron chi connectivity index (χ4n) is 2.22. The predicted octanol–water partition coefficient (Wildman–Crippen LogP) is 3.86. The second-order valence-electron chi connectivity index (χ2n) is 5.81. The van der Waals surface area contributed by atoms with E-state index >= 15 is 0 Å². The smallest absolute Gasteiger partial charge is 0.347 e. The van der Waals surface area contributed by atoms with E-state index in [1.807, 2.05) is 6.92 Å². The number of anilines is 1. The van der Waals surface area contributed by atoms with Crippen LogP contribution in [0.3, 0.4) is 0 Å². The van der Waals surface area contributed by atoms with Crippen LogP contribution in [0.1, 0.15) is 22.8 Å². The van der Waals surface area contributed by atoms with Crippen LogP contribution in [0.25, 0.3) is 0 Å². The number of nitrogens with one attached hydrogen (secondary N) is 1. The van der Waals surface area contributed by atoms with Crippen molar-refractivity contribution in [3.8, 4) is 5.75 Å². The zero-order valence-corrected chi connectivity index (χ0v) is 16.2. The molecule has 0 bridgehead atoms. The van der Waals surface area contributed by atoms with Crippen molar-refractivity contribution in [2.24, 2.45) is 0 Å². The maximum absolute atomic E-state index is 12.4. The average Bonchev–Trinajstić information content (AvgIpc) is 2.66. The van der Waals surface area contributed by atoms with E-state index in [1.165, 1.54) is 7.11 Å². The Morgan fingerprint density at radius 1 is 1.11 bits per heavy atom. The Hall–Kier alpha value is -2.57. The van der Waals surface area contributed by atoms with Gasteiger partial charge < -0.3 is 19.5 Å². The number of amides is 1. The lowest BCUT2D eigenvalue weighted by Crippen LogP contribution is -2.27. The number of hydrogen-bond acceptors (Lipinski definition) is 5. The summed E-state index contributed by atoms with van der Waals surface area (Å²) in [6.45, 7) is 3.93. The van der Waals surface area contributed by atoms with Crippen molar-refractivity contribution in [1.29, 1.82) is 0 Å². The molecule has 0 aliphatic carbocycles. The number of carbonyl (C=O) groups is 2. The Labute approximate surface area is 163 Å². The number of esters is 1. The molecule has 144 valence electrons. The highest BCUT2D eigenvalue weighted by atomic mass is 35.5. The van der Waals surface area contributed by atoms with Gasteiger partial charge in [0.25, 0.3) is 5.91 Å². The molecule has 1 amide bonds. The largest absolute Gasteiger partial charge is 0.479 e. The number of carbonyl (C=O) groups excluding carboxylic acids is 2. The first kappa shape index (κ1) is 20.7. The van der Waals surface area contributed by atoms with Crippen LogP contribution >= 0.6 is 11.6 Å². The summed E-state index contributed by atoms with van der Waals surface area (Å²) < 4.78 is 15.4. The molecule has 0 aromatic heterocycles. The molecule has 0 saturated heterocycles. The van der Waals surface area contributed by atoms with Crippen LogP contribution in [-0.2, 0) is 14.3 Å². The minimum absolute atomic E-state index is 0.172. The van der Waals surface area contributed by atoms with Gasteiger partial charge in [-0.15, -0.1) is 0 Å². The summed E-state index contributed by atoms with van der Waals surface area (Å²) in [5.74, 6) is -0.286. The molecule has 0 fully saturated rings. The maximum Gasteiger partial charge on any atom is 0.347 e. The Morgan fingerprint density at radius 2 is 1.81 bits per heavy atom. The molecule has 2 rings (SSSR count). The lowest BCUT2D eigenvalue weighted by atomic mass is 10.1. The van der Waals surface area contributed by atoms with Crippen molar-refractivity contribution in [2.75, 3.05) is 25.6 Å². The molecule has 1 atom stereocenters. The van der Waals surface area contributed by atoms with Crippen molar-refractivity contribution in [1.82, 2.24) is 0 Å². The van der Waals surface area contributed by atoms with Gasteiger partial charge in [0.05, 0.1) is 6.61 Å². The molecule has 0 radical (unpaired) electrons. The molecule has 0 aliphatic heterocycles. The molecule has 1 N–H and O–H groups in total. The summed E-state index contributed by atoms with van der Waals surface area (Å²) >= 11 is 6.07. The van der Waals surface area contributed by atoms with Crippen molar-refractivity contribution >= 4 is 29.2 Å². The molecule has 2 aromatic carbocycles. The molecule has 0 unspecified atom stereocenters. The maximum atomic E-state index is 12.4. The van der Waals surface area contributed by atoms with Crippen LogP contribution in [0.2, 0.25) is 5.02 Å². The van der Waals surface area contributed by atoms with Gasteiger partial charge in [-0.05, 0) is 55.8 Å². The fraction of sp³-hybridized carbons (Fsp3) is 0.300. The van der Waals surface area contributed by atoms with E-state index in [2.05, 4.69) is 5.32 Å². The molecule has 7 heteroatoms. The zero-order chi connectivity index (χ0) is 19.8. The first-order chi connectivity index (χ1) is 12.9. The Kier molecular flexibility index (Phi) is 7.64. The molecule has 2 aromatic rings. The Balaban J connectivity index is 1.95. The van der Waals surface area contributed by atoms with Crippen LogP contribution < -0.4 is 10.1 Å². The summed E-state index contributed by atoms with van der Waals surface area (Å²) in [5, 5.41) is 3.41. The lowest BCUT2D eigenvalue weighted by molar-refractivity contribution is -0.152. The number of ether oxygens (including phenoxy) is 3. The van der Waals surface area contributed by atoms with Crippen molar-refractivity contribution in [2.45, 2.75) is 20.0 Å². The van der Waals surface area contributed by atoms with Crippen LogP contribution in [0, 0.1) is 6.92 Å². The normalized spacial score (nSPS) is 11.6. The van der Waals surface area contributed by atoms with Gasteiger partial charge in [0, 0.05) is 23.4 Å². The highest BCUT2D eigenvalue weighted by Crippen LogP contribution is 2.23. The van der Waals surface area contributed by atoms with Gasteiger partial charge in [0.15, 0.2) is 6.10 Å². The summed E-state index contributed by atoms with van der Waals surface area (Å²) in [4.78, 5) is 24.2. The quantitative estimate of drug-likeness (QED) is 0.546. The van der Waals surface area contributed by atoms with Gasteiger partial charge in [0.1, 0.15) is 12.4 Å². The average molecular weight is 392 g/mol. The Bertz CT molecular complexity index is 791. The van der Waals surface area contributed by atoms with Gasteiger partial charge in [-0.3, -0.25) is 4.79 Å². The molecule has 0 saturated carbocycles. The van der Waals surface area contributed by atoms with E-state index in [0.717, 1.165) is 5.56 Å². The van der Waals surface area contributed by atoms with Gasteiger partial charge in [0.2, 0.25) is 0 Å². The van der Waals surface area contributed by atoms with Crippen molar-refractivity contribution < 1.29 is 23.8 Å². The second-order valence-corrected chi connectivity index (χ2v) is 6.22. The fourth-order valence-corrected chi connectivity index (χ4v) is 2.39. The summed E-state index contributed by atoms with van der Waals surface area (Å²) in [5.41, 5.74) is 1.91. The summed E-state index contributed by atoms with van der Waals surface area (Å²) in [7, 11) is 1.53. The minimum Gasteiger partial charge on any atom is -0.479 e. The monoisotopic (exact) mass is 391 g/mol. The van der Waals surface area contributed by atoms with Crippen LogP contribution in [-0.4, -0.2) is 38.3 Å². The first-order valence-corrected chi connectivity index (χ1v) is 8.79. The molecular formula is C20H22ClNO5. The van der Waals surface area contributed by atoms with E-state index in [9.17, 15) is 9.59 Å². The van der Waals surface area contributed by atoms with E-state index in [4.69, 9.17) is 25.8 Å². The van der Waals surface area contributed by atoms with Gasteiger partial charge >= 0.3 is 5.97 Å². The number of hydrogen-bond donors (Lipinski definition) is 1. The molecule has 0 spiro atoms. The van der Waals surface area contributed by atoms with Crippen LogP contribution in [0.15, 0.2) is 42.5 Å². The molecule has 27 heavy (non-hydrogen) atoms. The van der Waals surface area contributed by atoms with Crippen LogP contribution in [0.4, 0.5) is 5.69 Å². The van der Waals surface area contributed by atoms with E-state index in [0.29, 0.717) is 28.6 Å². The molecule has 0 heterocycles.